The van der Waals surface area contributed by atoms with E-state index in [0.29, 0.717) is 30.3 Å². The number of hydrogen-bond donors (Lipinski definition) is 1. The molecule has 1 aromatic carbocycles. The molecule has 0 aromatic heterocycles. The molecular weight excluding hydrogens is 276 g/mol. The van der Waals surface area contributed by atoms with Crippen LogP contribution in [0.5, 0.6) is 5.75 Å². The van der Waals surface area contributed by atoms with Gasteiger partial charge in [-0.3, -0.25) is 0 Å². The van der Waals surface area contributed by atoms with E-state index >= 15 is 0 Å². The van der Waals surface area contributed by atoms with Crippen molar-refractivity contribution in [2.75, 3.05) is 19.6 Å². The molecule has 1 fully saturated rings. The highest BCUT2D eigenvalue weighted by atomic mass is 32.2. The molecule has 0 radical (unpaired) electrons. The van der Waals surface area contributed by atoms with Gasteiger partial charge in [0.05, 0.1) is 11.0 Å². The van der Waals surface area contributed by atoms with Gasteiger partial charge in [0.15, 0.2) is 0 Å². The summed E-state index contributed by atoms with van der Waals surface area (Å²) in [5, 5.41) is 3.24. The highest BCUT2D eigenvalue weighted by molar-refractivity contribution is 7.89. The highest BCUT2D eigenvalue weighted by Gasteiger charge is 2.28. The summed E-state index contributed by atoms with van der Waals surface area (Å²) in [4.78, 5) is 0.322. The SMILES string of the molecule is CC1CN(S(=O)(=O)c2ccc(OC(C)C)cc2)CCN1. The van der Waals surface area contributed by atoms with E-state index in [0.717, 1.165) is 0 Å². The zero-order chi connectivity index (χ0) is 14.8. The molecule has 0 amide bonds. The van der Waals surface area contributed by atoms with Crippen molar-refractivity contribution in [1.29, 1.82) is 0 Å². The third-order valence-electron chi connectivity index (χ3n) is 3.16. The van der Waals surface area contributed by atoms with Crippen LogP contribution in [0.1, 0.15) is 20.8 Å². The van der Waals surface area contributed by atoms with Crippen molar-refractivity contribution < 1.29 is 13.2 Å². The van der Waals surface area contributed by atoms with E-state index in [1.54, 1.807) is 24.3 Å². The minimum atomic E-state index is -3.40. The topological polar surface area (TPSA) is 58.6 Å². The van der Waals surface area contributed by atoms with E-state index in [4.69, 9.17) is 4.74 Å². The van der Waals surface area contributed by atoms with Gasteiger partial charge in [0.2, 0.25) is 10.0 Å². The van der Waals surface area contributed by atoms with E-state index in [1.807, 2.05) is 20.8 Å². The van der Waals surface area contributed by atoms with Crippen molar-refractivity contribution in [1.82, 2.24) is 9.62 Å². The Balaban J connectivity index is 2.17. The summed E-state index contributed by atoms with van der Waals surface area (Å²) in [6.45, 7) is 7.57. The van der Waals surface area contributed by atoms with E-state index in [9.17, 15) is 8.42 Å². The quantitative estimate of drug-likeness (QED) is 0.914. The second-order valence-electron chi connectivity index (χ2n) is 5.36. The molecular formula is C14H22N2O3S. The Hall–Kier alpha value is -1.11. The van der Waals surface area contributed by atoms with Crippen LogP contribution in [0.15, 0.2) is 29.2 Å². The lowest BCUT2D eigenvalue weighted by Gasteiger charge is -2.31. The van der Waals surface area contributed by atoms with Crippen LogP contribution in [0.2, 0.25) is 0 Å². The van der Waals surface area contributed by atoms with Crippen LogP contribution in [0.4, 0.5) is 0 Å². The molecule has 0 aliphatic carbocycles. The van der Waals surface area contributed by atoms with Crippen LogP contribution in [-0.2, 0) is 10.0 Å². The molecule has 1 atom stereocenters. The number of piperazine rings is 1. The molecule has 1 aromatic rings. The summed E-state index contributed by atoms with van der Waals surface area (Å²) < 4.78 is 32.1. The normalized spacial score (nSPS) is 21.1. The van der Waals surface area contributed by atoms with E-state index in [1.165, 1.54) is 4.31 Å². The lowest BCUT2D eigenvalue weighted by atomic mass is 10.3. The van der Waals surface area contributed by atoms with E-state index < -0.39 is 10.0 Å². The first kappa shape index (κ1) is 15.3. The molecule has 20 heavy (non-hydrogen) atoms. The van der Waals surface area contributed by atoms with Crippen molar-refractivity contribution >= 4 is 10.0 Å². The van der Waals surface area contributed by atoms with Crippen LogP contribution in [0.25, 0.3) is 0 Å². The average Bonchev–Trinajstić information content (AvgIpc) is 2.38. The van der Waals surface area contributed by atoms with Crippen LogP contribution >= 0.6 is 0 Å². The number of hydrogen-bond acceptors (Lipinski definition) is 4. The monoisotopic (exact) mass is 298 g/mol. The summed E-state index contributed by atoms with van der Waals surface area (Å²) in [7, 11) is -3.40. The van der Waals surface area contributed by atoms with Gasteiger partial charge in [-0.2, -0.15) is 4.31 Å². The van der Waals surface area contributed by atoms with Gasteiger partial charge in [0, 0.05) is 25.7 Å². The smallest absolute Gasteiger partial charge is 0.243 e. The van der Waals surface area contributed by atoms with Crippen molar-refractivity contribution in [3.05, 3.63) is 24.3 Å². The third-order valence-corrected chi connectivity index (χ3v) is 5.04. The minimum Gasteiger partial charge on any atom is -0.491 e. The number of nitrogens with one attached hydrogen (secondary N) is 1. The van der Waals surface area contributed by atoms with E-state index in [-0.39, 0.29) is 12.1 Å². The second kappa shape index (κ2) is 6.11. The lowest BCUT2D eigenvalue weighted by molar-refractivity contribution is 0.242. The largest absolute Gasteiger partial charge is 0.491 e. The van der Waals surface area contributed by atoms with E-state index in [2.05, 4.69) is 5.32 Å². The predicted octanol–water partition coefficient (Wildman–Crippen LogP) is 1.46. The molecule has 5 nitrogen and oxygen atoms in total. The maximum Gasteiger partial charge on any atom is 0.243 e. The van der Waals surface area contributed by atoms with Crippen LogP contribution in [-0.4, -0.2) is 44.5 Å². The Kier molecular flexibility index (Phi) is 4.67. The number of nitrogens with zero attached hydrogens (tertiary/aromatic N) is 1. The fourth-order valence-electron chi connectivity index (χ4n) is 2.23. The highest BCUT2D eigenvalue weighted by Crippen LogP contribution is 2.21. The van der Waals surface area contributed by atoms with Gasteiger partial charge >= 0.3 is 0 Å². The third kappa shape index (κ3) is 3.50. The van der Waals surface area contributed by atoms with Crippen molar-refractivity contribution in [2.45, 2.75) is 37.8 Å². The van der Waals surface area contributed by atoms with Gasteiger partial charge in [0.1, 0.15) is 5.75 Å². The van der Waals surface area contributed by atoms with Crippen LogP contribution in [0.3, 0.4) is 0 Å². The molecule has 0 saturated carbocycles. The first-order valence-electron chi connectivity index (χ1n) is 6.90. The molecule has 6 heteroatoms. The van der Waals surface area contributed by atoms with Gasteiger partial charge in [0.25, 0.3) is 0 Å². The molecule has 0 spiro atoms. The standard InChI is InChI=1S/C14H22N2O3S/c1-11(2)19-13-4-6-14(7-5-13)20(17,18)16-9-8-15-12(3)10-16/h4-7,11-12,15H,8-10H2,1-3H3. The number of ether oxygens (including phenoxy) is 1. The Labute approximate surface area is 121 Å². The van der Waals surface area contributed by atoms with Crippen molar-refractivity contribution in [3.8, 4) is 5.75 Å². The van der Waals surface area contributed by atoms with Crippen LogP contribution < -0.4 is 10.1 Å². The van der Waals surface area contributed by atoms with Gasteiger partial charge in [-0.15, -0.1) is 0 Å². The maximum absolute atomic E-state index is 12.5. The molecule has 1 unspecified atom stereocenters. The summed E-state index contributed by atoms with van der Waals surface area (Å²) >= 11 is 0. The molecule has 1 aliphatic rings. The van der Waals surface area contributed by atoms with Gasteiger partial charge in [-0.25, -0.2) is 8.42 Å². The first-order chi connectivity index (χ1) is 9.39. The second-order valence-corrected chi connectivity index (χ2v) is 7.29. The molecule has 1 aliphatic heterocycles. The fraction of sp³-hybridized carbons (Fsp3) is 0.571. The summed E-state index contributed by atoms with van der Waals surface area (Å²) in [6, 6.07) is 6.82. The Bertz CT molecular complexity index is 540. The summed E-state index contributed by atoms with van der Waals surface area (Å²) in [6.07, 6.45) is 0.0754. The molecule has 1 saturated heterocycles. The first-order valence-corrected chi connectivity index (χ1v) is 8.34. The molecule has 1 heterocycles. The number of rotatable bonds is 4. The van der Waals surface area contributed by atoms with Gasteiger partial charge in [-0.1, -0.05) is 0 Å². The van der Waals surface area contributed by atoms with Gasteiger partial charge < -0.3 is 10.1 Å². The van der Waals surface area contributed by atoms with Gasteiger partial charge in [-0.05, 0) is 45.0 Å². The summed E-state index contributed by atoms with van der Waals surface area (Å²) in [5.74, 6) is 0.688. The Morgan fingerprint density at radius 3 is 2.50 bits per heavy atom. The molecule has 2 rings (SSSR count). The maximum atomic E-state index is 12.5. The van der Waals surface area contributed by atoms with Crippen LogP contribution in [0, 0.1) is 0 Å². The molecule has 112 valence electrons. The zero-order valence-electron chi connectivity index (χ0n) is 12.2. The number of benzene rings is 1. The molecule has 1 N–H and O–H groups in total. The molecule has 0 bridgehead atoms. The minimum absolute atomic E-state index is 0.0754. The summed E-state index contributed by atoms with van der Waals surface area (Å²) in [5.41, 5.74) is 0. The fourth-order valence-corrected chi connectivity index (χ4v) is 3.76. The van der Waals surface area contributed by atoms with Crippen molar-refractivity contribution in [2.24, 2.45) is 0 Å². The number of sulfonamides is 1. The Morgan fingerprint density at radius 2 is 1.95 bits per heavy atom. The zero-order valence-corrected chi connectivity index (χ0v) is 13.0. The lowest BCUT2D eigenvalue weighted by Crippen LogP contribution is -2.51. The average molecular weight is 298 g/mol. The van der Waals surface area contributed by atoms with Crippen molar-refractivity contribution in [3.63, 3.8) is 0 Å². The predicted molar refractivity (Wildman–Crippen MR) is 78.4 cm³/mol. The Morgan fingerprint density at radius 1 is 1.30 bits per heavy atom.